The number of nitrogens with one attached hydrogen (secondary N) is 1. The molecule has 0 aliphatic carbocycles. The number of carboxylic acid groups (broad SMARTS) is 1. The zero-order chi connectivity index (χ0) is 13.8. The van der Waals surface area contributed by atoms with Crippen molar-refractivity contribution < 1.29 is 18.3 Å². The van der Waals surface area contributed by atoms with Crippen LogP contribution in [-0.4, -0.2) is 42.9 Å². The fraction of sp³-hybridized carbons (Fsp3) is 0.909. The third kappa shape index (κ3) is 4.91. The molecule has 0 amide bonds. The summed E-state index contributed by atoms with van der Waals surface area (Å²) < 4.78 is 28.0. The molecule has 6 nitrogen and oxygen atoms in total. The molecule has 0 aromatic carbocycles. The van der Waals surface area contributed by atoms with Gasteiger partial charge in [0, 0.05) is 25.6 Å². The van der Waals surface area contributed by atoms with E-state index >= 15 is 0 Å². The summed E-state index contributed by atoms with van der Waals surface area (Å²) in [5, 5.41) is 8.55. The molecule has 106 valence electrons. The topological polar surface area (TPSA) is 86.7 Å². The second-order valence-corrected chi connectivity index (χ2v) is 6.74. The van der Waals surface area contributed by atoms with Crippen LogP contribution in [0.2, 0.25) is 0 Å². The van der Waals surface area contributed by atoms with E-state index in [-0.39, 0.29) is 12.5 Å². The van der Waals surface area contributed by atoms with Gasteiger partial charge in [-0.15, -0.1) is 0 Å². The van der Waals surface area contributed by atoms with E-state index in [1.165, 1.54) is 4.31 Å². The molecule has 1 aliphatic rings. The lowest BCUT2D eigenvalue weighted by atomic mass is 10.0. The first-order valence-corrected chi connectivity index (χ1v) is 7.74. The average Bonchev–Trinajstić information content (AvgIpc) is 2.26. The molecule has 1 unspecified atom stereocenters. The van der Waals surface area contributed by atoms with Gasteiger partial charge in [-0.2, -0.15) is 17.4 Å². The van der Waals surface area contributed by atoms with E-state index in [0.29, 0.717) is 25.4 Å². The Morgan fingerprint density at radius 1 is 1.44 bits per heavy atom. The zero-order valence-electron chi connectivity index (χ0n) is 10.9. The standard InChI is InChI=1S/C11H22N2O4S/c1-9-5-7-13(8-6-9)18(16,17)12-10(2)3-4-11(14)15/h9-10,12H,3-8H2,1-2H3,(H,14,15). The van der Waals surface area contributed by atoms with Crippen LogP contribution in [0.15, 0.2) is 0 Å². The van der Waals surface area contributed by atoms with Crippen molar-refractivity contribution in [3.05, 3.63) is 0 Å². The lowest BCUT2D eigenvalue weighted by Crippen LogP contribution is -2.47. The number of hydrogen-bond acceptors (Lipinski definition) is 3. The van der Waals surface area contributed by atoms with Gasteiger partial charge >= 0.3 is 5.97 Å². The molecule has 2 N–H and O–H groups in total. The highest BCUT2D eigenvalue weighted by molar-refractivity contribution is 7.87. The normalized spacial score (nSPS) is 20.8. The largest absolute Gasteiger partial charge is 0.481 e. The highest BCUT2D eigenvalue weighted by atomic mass is 32.2. The molecule has 1 heterocycles. The van der Waals surface area contributed by atoms with E-state index in [2.05, 4.69) is 11.6 Å². The van der Waals surface area contributed by atoms with Crippen molar-refractivity contribution in [1.29, 1.82) is 0 Å². The third-order valence-electron chi connectivity index (χ3n) is 3.22. The molecule has 1 fully saturated rings. The Hall–Kier alpha value is -0.660. The van der Waals surface area contributed by atoms with Crippen molar-refractivity contribution in [2.24, 2.45) is 5.92 Å². The lowest BCUT2D eigenvalue weighted by Gasteiger charge is -2.30. The summed E-state index contributed by atoms with van der Waals surface area (Å²) in [5.74, 6) is -0.339. The smallest absolute Gasteiger partial charge is 0.303 e. The fourth-order valence-corrected chi connectivity index (χ4v) is 3.42. The van der Waals surface area contributed by atoms with E-state index in [1.54, 1.807) is 6.92 Å². The summed E-state index contributed by atoms with van der Waals surface area (Å²) in [6.07, 6.45) is 2.04. The molecule has 0 aromatic heterocycles. The molecule has 0 bridgehead atoms. The van der Waals surface area contributed by atoms with Gasteiger partial charge < -0.3 is 5.11 Å². The Kier molecular flexibility index (Phi) is 5.55. The maximum absolute atomic E-state index is 12.0. The van der Waals surface area contributed by atoms with Crippen LogP contribution < -0.4 is 4.72 Å². The summed E-state index contributed by atoms with van der Waals surface area (Å²) in [6, 6.07) is -0.356. The first-order valence-electron chi connectivity index (χ1n) is 6.30. The van der Waals surface area contributed by atoms with Crippen LogP contribution in [0.3, 0.4) is 0 Å². The van der Waals surface area contributed by atoms with Gasteiger partial charge in [0.05, 0.1) is 0 Å². The van der Waals surface area contributed by atoms with Crippen LogP contribution in [0.1, 0.15) is 39.5 Å². The predicted octanol–water partition coefficient (Wildman–Crippen LogP) is 0.806. The van der Waals surface area contributed by atoms with E-state index in [1.807, 2.05) is 0 Å². The average molecular weight is 278 g/mol. The van der Waals surface area contributed by atoms with Gasteiger partial charge in [-0.3, -0.25) is 4.79 Å². The number of hydrogen-bond donors (Lipinski definition) is 2. The van der Waals surface area contributed by atoms with Gasteiger partial charge in [0.25, 0.3) is 10.2 Å². The van der Waals surface area contributed by atoms with E-state index in [0.717, 1.165) is 12.8 Å². The minimum absolute atomic E-state index is 0.0271. The number of nitrogens with zero attached hydrogens (tertiary/aromatic N) is 1. The summed E-state index contributed by atoms with van der Waals surface area (Å²) in [4.78, 5) is 10.4. The number of piperidine rings is 1. The molecule has 1 saturated heterocycles. The Balaban J connectivity index is 2.46. The van der Waals surface area contributed by atoms with E-state index in [9.17, 15) is 13.2 Å². The van der Waals surface area contributed by atoms with Crippen molar-refractivity contribution in [3.8, 4) is 0 Å². The predicted molar refractivity (Wildman–Crippen MR) is 68.4 cm³/mol. The van der Waals surface area contributed by atoms with Crippen molar-refractivity contribution in [2.45, 2.75) is 45.6 Å². The van der Waals surface area contributed by atoms with Gasteiger partial charge in [0.15, 0.2) is 0 Å². The molecule has 1 atom stereocenters. The van der Waals surface area contributed by atoms with Crippen molar-refractivity contribution >= 4 is 16.2 Å². The Morgan fingerprint density at radius 2 is 2.00 bits per heavy atom. The number of aliphatic carboxylic acids is 1. The molecule has 0 saturated carbocycles. The molecule has 1 rings (SSSR count). The number of carbonyl (C=O) groups is 1. The van der Waals surface area contributed by atoms with Crippen LogP contribution in [0, 0.1) is 5.92 Å². The van der Waals surface area contributed by atoms with E-state index < -0.39 is 16.2 Å². The van der Waals surface area contributed by atoms with Crippen molar-refractivity contribution in [2.75, 3.05) is 13.1 Å². The third-order valence-corrected chi connectivity index (χ3v) is 4.97. The molecule has 0 aromatic rings. The maximum atomic E-state index is 12.0. The Morgan fingerprint density at radius 3 is 2.50 bits per heavy atom. The first kappa shape index (κ1) is 15.4. The minimum atomic E-state index is -3.46. The summed E-state index contributed by atoms with van der Waals surface area (Å²) in [7, 11) is -3.46. The van der Waals surface area contributed by atoms with Gasteiger partial charge in [-0.1, -0.05) is 6.92 Å². The van der Waals surface area contributed by atoms with Crippen LogP contribution in [0.5, 0.6) is 0 Å². The van der Waals surface area contributed by atoms with Gasteiger partial charge in [-0.05, 0) is 32.1 Å². The molecule has 18 heavy (non-hydrogen) atoms. The van der Waals surface area contributed by atoms with Crippen LogP contribution in [0.4, 0.5) is 0 Å². The van der Waals surface area contributed by atoms with Gasteiger partial charge in [0.2, 0.25) is 0 Å². The molecular weight excluding hydrogens is 256 g/mol. The molecule has 0 spiro atoms. The quantitative estimate of drug-likeness (QED) is 0.752. The van der Waals surface area contributed by atoms with Crippen LogP contribution in [-0.2, 0) is 15.0 Å². The second-order valence-electron chi connectivity index (χ2n) is 5.04. The molecular formula is C11H22N2O4S. The number of rotatable bonds is 6. The van der Waals surface area contributed by atoms with Crippen molar-refractivity contribution in [1.82, 2.24) is 9.03 Å². The fourth-order valence-electron chi connectivity index (χ4n) is 1.95. The highest BCUT2D eigenvalue weighted by Gasteiger charge is 2.27. The van der Waals surface area contributed by atoms with Crippen LogP contribution in [0.25, 0.3) is 0 Å². The SMILES string of the molecule is CC1CCN(S(=O)(=O)NC(C)CCC(=O)O)CC1. The van der Waals surface area contributed by atoms with Gasteiger partial charge in [0.1, 0.15) is 0 Å². The molecule has 0 radical (unpaired) electrons. The van der Waals surface area contributed by atoms with E-state index in [4.69, 9.17) is 5.11 Å². The molecule has 7 heteroatoms. The molecule has 1 aliphatic heterocycles. The first-order chi connectivity index (χ1) is 8.31. The number of carboxylic acids is 1. The maximum Gasteiger partial charge on any atom is 0.303 e. The monoisotopic (exact) mass is 278 g/mol. The summed E-state index contributed by atoms with van der Waals surface area (Å²) >= 11 is 0. The summed E-state index contributed by atoms with van der Waals surface area (Å²) in [5.41, 5.74) is 0. The zero-order valence-corrected chi connectivity index (χ0v) is 11.7. The Labute approximate surface area is 109 Å². The highest BCUT2D eigenvalue weighted by Crippen LogP contribution is 2.18. The van der Waals surface area contributed by atoms with Crippen LogP contribution >= 0.6 is 0 Å². The summed E-state index contributed by atoms with van der Waals surface area (Å²) in [6.45, 7) is 4.89. The second kappa shape index (κ2) is 6.49. The Bertz CT molecular complexity index is 375. The van der Waals surface area contributed by atoms with Gasteiger partial charge in [-0.25, -0.2) is 0 Å². The lowest BCUT2D eigenvalue weighted by molar-refractivity contribution is -0.137. The van der Waals surface area contributed by atoms with Crippen molar-refractivity contribution in [3.63, 3.8) is 0 Å². The minimum Gasteiger partial charge on any atom is -0.481 e.